The largest absolute Gasteiger partial charge is 0.336 e. The summed E-state index contributed by atoms with van der Waals surface area (Å²) in [4.78, 5) is 8.00. The van der Waals surface area contributed by atoms with E-state index < -0.39 is 0 Å². The van der Waals surface area contributed by atoms with E-state index >= 15 is 0 Å². The molecule has 3 rings (SSSR count). The van der Waals surface area contributed by atoms with Gasteiger partial charge in [-0.05, 0) is 36.2 Å². The van der Waals surface area contributed by atoms with Gasteiger partial charge in [0.1, 0.15) is 5.82 Å². The van der Waals surface area contributed by atoms with E-state index in [1.807, 2.05) is 35.0 Å². The Hall–Kier alpha value is -2.53. The van der Waals surface area contributed by atoms with E-state index in [9.17, 15) is 4.39 Å². The van der Waals surface area contributed by atoms with Gasteiger partial charge in [0.15, 0.2) is 0 Å². The van der Waals surface area contributed by atoms with E-state index in [0.29, 0.717) is 12.1 Å². The standard InChI is InChI=1S/C18H19FN4/c1-14(12-23-9-8-21-13-23)22-11-17-3-2-16(10-18(17)19)15-4-6-20-7-5-15/h2-10,13-14,22H,11-12H2,1H3. The Bertz CT molecular complexity index is 741. The highest BCUT2D eigenvalue weighted by molar-refractivity contribution is 5.63. The third-order valence-corrected chi connectivity index (χ3v) is 3.75. The number of aromatic nitrogens is 3. The molecular weight excluding hydrogens is 291 g/mol. The van der Waals surface area contributed by atoms with Crippen molar-refractivity contribution in [3.05, 3.63) is 72.8 Å². The fourth-order valence-corrected chi connectivity index (χ4v) is 2.47. The Morgan fingerprint density at radius 3 is 2.61 bits per heavy atom. The van der Waals surface area contributed by atoms with Crippen LogP contribution in [0.3, 0.4) is 0 Å². The highest BCUT2D eigenvalue weighted by Crippen LogP contribution is 2.21. The fraction of sp³-hybridized carbons (Fsp3) is 0.222. The van der Waals surface area contributed by atoms with Crippen LogP contribution in [0.2, 0.25) is 0 Å². The van der Waals surface area contributed by atoms with E-state index in [1.165, 1.54) is 0 Å². The van der Waals surface area contributed by atoms with Crippen molar-refractivity contribution < 1.29 is 4.39 Å². The lowest BCUT2D eigenvalue weighted by Gasteiger charge is -2.15. The zero-order valence-corrected chi connectivity index (χ0v) is 13.0. The second kappa shape index (κ2) is 7.15. The average Bonchev–Trinajstić information content (AvgIpc) is 3.07. The first-order valence-electron chi connectivity index (χ1n) is 7.60. The monoisotopic (exact) mass is 310 g/mol. The highest BCUT2D eigenvalue weighted by Gasteiger charge is 2.07. The van der Waals surface area contributed by atoms with Gasteiger partial charge < -0.3 is 9.88 Å². The second-order valence-electron chi connectivity index (χ2n) is 5.58. The lowest BCUT2D eigenvalue weighted by molar-refractivity contribution is 0.468. The van der Waals surface area contributed by atoms with Gasteiger partial charge in [0.2, 0.25) is 0 Å². The van der Waals surface area contributed by atoms with Gasteiger partial charge in [-0.1, -0.05) is 12.1 Å². The van der Waals surface area contributed by atoms with Crippen molar-refractivity contribution in [2.75, 3.05) is 0 Å². The number of pyridine rings is 1. The van der Waals surface area contributed by atoms with E-state index in [2.05, 4.69) is 22.2 Å². The molecule has 4 nitrogen and oxygen atoms in total. The molecule has 0 aliphatic carbocycles. The van der Waals surface area contributed by atoms with Gasteiger partial charge >= 0.3 is 0 Å². The lowest BCUT2D eigenvalue weighted by Crippen LogP contribution is -2.29. The predicted molar refractivity (Wildman–Crippen MR) is 88.2 cm³/mol. The third kappa shape index (κ3) is 4.02. The summed E-state index contributed by atoms with van der Waals surface area (Å²) < 4.78 is 16.3. The van der Waals surface area contributed by atoms with Crippen LogP contribution in [0.15, 0.2) is 61.4 Å². The van der Waals surface area contributed by atoms with E-state index in [0.717, 1.165) is 17.7 Å². The number of halogens is 1. The summed E-state index contributed by atoms with van der Waals surface area (Å²) in [6.45, 7) is 3.37. The van der Waals surface area contributed by atoms with Gasteiger partial charge in [0, 0.05) is 49.5 Å². The maximum atomic E-state index is 14.3. The topological polar surface area (TPSA) is 42.7 Å². The number of hydrogen-bond donors (Lipinski definition) is 1. The van der Waals surface area contributed by atoms with Crippen LogP contribution in [-0.2, 0) is 13.1 Å². The Balaban J connectivity index is 1.62. The first-order chi connectivity index (χ1) is 11.2. The maximum absolute atomic E-state index is 14.3. The van der Waals surface area contributed by atoms with Crippen molar-refractivity contribution >= 4 is 0 Å². The van der Waals surface area contributed by atoms with Crippen LogP contribution in [0.4, 0.5) is 4.39 Å². The summed E-state index contributed by atoms with van der Waals surface area (Å²) in [5.41, 5.74) is 2.49. The van der Waals surface area contributed by atoms with Crippen molar-refractivity contribution in [3.63, 3.8) is 0 Å². The summed E-state index contributed by atoms with van der Waals surface area (Å²) in [5.74, 6) is -0.193. The molecule has 0 saturated carbocycles. The summed E-state index contributed by atoms with van der Waals surface area (Å²) in [5, 5.41) is 3.34. The maximum Gasteiger partial charge on any atom is 0.128 e. The van der Waals surface area contributed by atoms with Crippen molar-refractivity contribution in [2.24, 2.45) is 0 Å². The zero-order chi connectivity index (χ0) is 16.1. The molecule has 2 aromatic heterocycles. The van der Waals surface area contributed by atoms with Gasteiger partial charge in [-0.2, -0.15) is 0 Å². The molecule has 2 heterocycles. The molecule has 0 saturated heterocycles. The Morgan fingerprint density at radius 2 is 1.91 bits per heavy atom. The van der Waals surface area contributed by atoms with E-state index in [4.69, 9.17) is 0 Å². The predicted octanol–water partition coefficient (Wildman–Crippen LogP) is 3.26. The van der Waals surface area contributed by atoms with Crippen LogP contribution in [0.1, 0.15) is 12.5 Å². The van der Waals surface area contributed by atoms with Gasteiger partial charge in [0.05, 0.1) is 6.33 Å². The molecule has 1 aromatic carbocycles. The number of hydrogen-bond acceptors (Lipinski definition) is 3. The average molecular weight is 310 g/mol. The number of benzene rings is 1. The zero-order valence-electron chi connectivity index (χ0n) is 13.0. The van der Waals surface area contributed by atoms with Crippen molar-refractivity contribution in [1.82, 2.24) is 19.9 Å². The van der Waals surface area contributed by atoms with Crippen LogP contribution >= 0.6 is 0 Å². The Morgan fingerprint density at radius 1 is 1.09 bits per heavy atom. The van der Waals surface area contributed by atoms with Crippen molar-refractivity contribution in [2.45, 2.75) is 26.1 Å². The summed E-state index contributed by atoms with van der Waals surface area (Å²) >= 11 is 0. The van der Waals surface area contributed by atoms with Gasteiger partial charge in [-0.25, -0.2) is 9.37 Å². The number of nitrogens with zero attached hydrogens (tertiary/aromatic N) is 3. The van der Waals surface area contributed by atoms with Crippen molar-refractivity contribution in [1.29, 1.82) is 0 Å². The Kier molecular flexibility index (Phi) is 4.78. The van der Waals surface area contributed by atoms with E-state index in [-0.39, 0.29) is 11.9 Å². The molecule has 3 aromatic rings. The number of rotatable bonds is 6. The quantitative estimate of drug-likeness (QED) is 0.760. The fourth-order valence-electron chi connectivity index (χ4n) is 2.47. The Labute approximate surface area is 135 Å². The smallest absolute Gasteiger partial charge is 0.128 e. The molecule has 1 N–H and O–H groups in total. The molecule has 0 amide bonds. The summed E-state index contributed by atoms with van der Waals surface area (Å²) in [7, 11) is 0. The minimum Gasteiger partial charge on any atom is -0.336 e. The molecule has 0 bridgehead atoms. The van der Waals surface area contributed by atoms with Crippen molar-refractivity contribution in [3.8, 4) is 11.1 Å². The van der Waals surface area contributed by atoms with Crippen LogP contribution < -0.4 is 5.32 Å². The van der Waals surface area contributed by atoms with E-state index in [1.54, 1.807) is 31.0 Å². The first kappa shape index (κ1) is 15.4. The molecule has 1 unspecified atom stereocenters. The van der Waals surface area contributed by atoms with Crippen LogP contribution in [0.25, 0.3) is 11.1 Å². The van der Waals surface area contributed by atoms with Crippen LogP contribution in [0.5, 0.6) is 0 Å². The minimum absolute atomic E-state index is 0.193. The number of imidazole rings is 1. The normalized spacial score (nSPS) is 12.3. The first-order valence-corrected chi connectivity index (χ1v) is 7.60. The molecule has 0 aliphatic rings. The molecular formula is C18H19FN4. The third-order valence-electron chi connectivity index (χ3n) is 3.75. The van der Waals surface area contributed by atoms with Gasteiger partial charge in [-0.3, -0.25) is 4.98 Å². The van der Waals surface area contributed by atoms with Gasteiger partial charge in [-0.15, -0.1) is 0 Å². The van der Waals surface area contributed by atoms with Crippen LogP contribution in [-0.4, -0.2) is 20.6 Å². The lowest BCUT2D eigenvalue weighted by atomic mass is 10.0. The SMILES string of the molecule is CC(Cn1ccnc1)NCc1ccc(-c2ccncc2)cc1F. The molecule has 0 spiro atoms. The summed E-state index contributed by atoms with van der Waals surface area (Å²) in [6, 6.07) is 9.33. The molecule has 1 atom stereocenters. The molecule has 118 valence electrons. The van der Waals surface area contributed by atoms with Gasteiger partial charge in [0.25, 0.3) is 0 Å². The minimum atomic E-state index is -0.193. The van der Waals surface area contributed by atoms with Crippen LogP contribution in [0, 0.1) is 5.82 Å². The molecule has 0 aliphatic heterocycles. The highest BCUT2D eigenvalue weighted by atomic mass is 19.1. The molecule has 5 heteroatoms. The molecule has 0 radical (unpaired) electrons. The summed E-state index contributed by atoms with van der Waals surface area (Å²) in [6.07, 6.45) is 8.87. The number of nitrogens with one attached hydrogen (secondary N) is 1. The molecule has 0 fully saturated rings. The second-order valence-corrected chi connectivity index (χ2v) is 5.58. The molecule has 23 heavy (non-hydrogen) atoms.